The van der Waals surface area contributed by atoms with Gasteiger partial charge in [0.15, 0.2) is 0 Å². The maximum absolute atomic E-state index is 5.41. The first-order valence-corrected chi connectivity index (χ1v) is 4.24. The van der Waals surface area contributed by atoms with Crippen molar-refractivity contribution in [3.8, 4) is 0 Å². The fourth-order valence-corrected chi connectivity index (χ4v) is 1.05. The van der Waals surface area contributed by atoms with E-state index in [4.69, 9.17) is 10.5 Å². The van der Waals surface area contributed by atoms with Crippen molar-refractivity contribution in [2.75, 3.05) is 20.3 Å². The van der Waals surface area contributed by atoms with E-state index in [0.717, 1.165) is 25.0 Å². The van der Waals surface area contributed by atoms with Gasteiger partial charge in [0.25, 0.3) is 0 Å². The van der Waals surface area contributed by atoms with Gasteiger partial charge in [-0.1, -0.05) is 18.2 Å². The van der Waals surface area contributed by atoms with Crippen LogP contribution in [0.5, 0.6) is 0 Å². The largest absolute Gasteiger partial charge is 0.380 e. The van der Waals surface area contributed by atoms with Crippen molar-refractivity contribution < 1.29 is 4.74 Å². The van der Waals surface area contributed by atoms with Crippen LogP contribution in [0.4, 0.5) is 0 Å². The van der Waals surface area contributed by atoms with E-state index in [-0.39, 0.29) is 0 Å². The summed E-state index contributed by atoms with van der Waals surface area (Å²) in [6.45, 7) is 7.23. The highest BCUT2D eigenvalue weighted by atomic mass is 16.5. The Bertz CT molecular complexity index is 161. The summed E-state index contributed by atoms with van der Waals surface area (Å²) in [4.78, 5) is 0. The van der Waals surface area contributed by atoms with E-state index in [2.05, 4.69) is 12.7 Å². The molecular formula is C10H19NO. The van der Waals surface area contributed by atoms with Gasteiger partial charge in [-0.15, -0.1) is 0 Å². The van der Waals surface area contributed by atoms with Crippen LogP contribution in [0.2, 0.25) is 0 Å². The monoisotopic (exact) mass is 169 g/mol. The predicted octanol–water partition coefficient (Wildman–Crippen LogP) is 1.87. The fraction of sp³-hybridized carbons (Fsp3) is 0.600. The maximum atomic E-state index is 5.41. The van der Waals surface area contributed by atoms with Crippen LogP contribution in [0.15, 0.2) is 23.8 Å². The minimum atomic E-state index is 0.687. The standard InChI is InChI=1S/C10H19NO/c1-9(2)7-10(8-12-3)5-4-6-11/h7H,1,4-6,8,11H2,2-3H3. The van der Waals surface area contributed by atoms with Crippen LogP contribution in [-0.2, 0) is 4.74 Å². The van der Waals surface area contributed by atoms with Gasteiger partial charge in [0.1, 0.15) is 0 Å². The maximum Gasteiger partial charge on any atom is 0.0676 e. The molecule has 0 aromatic rings. The zero-order valence-electron chi connectivity index (χ0n) is 8.10. The molecule has 2 heteroatoms. The van der Waals surface area contributed by atoms with Gasteiger partial charge in [0, 0.05) is 7.11 Å². The van der Waals surface area contributed by atoms with Gasteiger partial charge in [0.05, 0.1) is 6.61 Å². The number of rotatable bonds is 6. The number of methoxy groups -OCH3 is 1. The molecule has 0 aliphatic rings. The summed E-state index contributed by atoms with van der Waals surface area (Å²) in [5.74, 6) is 0. The number of ether oxygens (including phenoxy) is 1. The van der Waals surface area contributed by atoms with Gasteiger partial charge >= 0.3 is 0 Å². The second kappa shape index (κ2) is 7.07. The molecule has 0 radical (unpaired) electrons. The van der Waals surface area contributed by atoms with E-state index in [9.17, 15) is 0 Å². The lowest BCUT2D eigenvalue weighted by Gasteiger charge is -2.05. The van der Waals surface area contributed by atoms with Crippen LogP contribution in [0.3, 0.4) is 0 Å². The molecule has 0 unspecified atom stereocenters. The van der Waals surface area contributed by atoms with Crippen molar-refractivity contribution in [2.45, 2.75) is 19.8 Å². The highest BCUT2D eigenvalue weighted by Gasteiger charge is 1.95. The summed E-state index contributed by atoms with van der Waals surface area (Å²) >= 11 is 0. The van der Waals surface area contributed by atoms with Gasteiger partial charge in [0.2, 0.25) is 0 Å². The lowest BCUT2D eigenvalue weighted by atomic mass is 10.1. The second-order valence-corrected chi connectivity index (χ2v) is 2.97. The van der Waals surface area contributed by atoms with E-state index in [1.54, 1.807) is 7.11 Å². The Kier molecular flexibility index (Phi) is 6.72. The average molecular weight is 169 g/mol. The lowest BCUT2D eigenvalue weighted by Crippen LogP contribution is -2.02. The summed E-state index contributed by atoms with van der Waals surface area (Å²) in [6.07, 6.45) is 4.10. The molecule has 2 nitrogen and oxygen atoms in total. The molecule has 0 saturated carbocycles. The van der Waals surface area contributed by atoms with Crippen molar-refractivity contribution >= 4 is 0 Å². The molecule has 0 fully saturated rings. The SMILES string of the molecule is C=C(C)C=C(CCCN)COC. The average Bonchev–Trinajstić information content (AvgIpc) is 2.00. The highest BCUT2D eigenvalue weighted by Crippen LogP contribution is 2.07. The van der Waals surface area contributed by atoms with Crippen LogP contribution >= 0.6 is 0 Å². The lowest BCUT2D eigenvalue weighted by molar-refractivity contribution is 0.222. The van der Waals surface area contributed by atoms with E-state index in [1.807, 2.05) is 6.92 Å². The third-order valence-corrected chi connectivity index (χ3v) is 1.48. The van der Waals surface area contributed by atoms with Crippen LogP contribution < -0.4 is 5.73 Å². The van der Waals surface area contributed by atoms with Crippen LogP contribution in [0, 0.1) is 0 Å². The number of hydrogen-bond acceptors (Lipinski definition) is 2. The molecule has 0 amide bonds. The van der Waals surface area contributed by atoms with Crippen molar-refractivity contribution in [2.24, 2.45) is 5.73 Å². The predicted molar refractivity (Wildman–Crippen MR) is 53.1 cm³/mol. The van der Waals surface area contributed by atoms with E-state index in [1.165, 1.54) is 5.57 Å². The molecule has 0 aromatic heterocycles. The molecule has 12 heavy (non-hydrogen) atoms. The summed E-state index contributed by atoms with van der Waals surface area (Å²) in [5, 5.41) is 0. The number of allylic oxidation sites excluding steroid dienone is 2. The Hall–Kier alpha value is -0.600. The Morgan fingerprint density at radius 1 is 1.58 bits per heavy atom. The third-order valence-electron chi connectivity index (χ3n) is 1.48. The Labute approximate surface area is 75.1 Å². The first-order chi connectivity index (χ1) is 5.70. The van der Waals surface area contributed by atoms with E-state index in [0.29, 0.717) is 6.61 Å². The summed E-state index contributed by atoms with van der Waals surface area (Å²) in [6, 6.07) is 0. The van der Waals surface area contributed by atoms with E-state index >= 15 is 0 Å². The fourth-order valence-electron chi connectivity index (χ4n) is 1.05. The normalized spacial score (nSPS) is 11.8. The quantitative estimate of drug-likeness (QED) is 0.616. The second-order valence-electron chi connectivity index (χ2n) is 2.97. The van der Waals surface area contributed by atoms with Crippen LogP contribution in [0.1, 0.15) is 19.8 Å². The first-order valence-electron chi connectivity index (χ1n) is 4.24. The Morgan fingerprint density at radius 2 is 2.25 bits per heavy atom. The van der Waals surface area contributed by atoms with Gasteiger partial charge in [-0.05, 0) is 31.9 Å². The van der Waals surface area contributed by atoms with Gasteiger partial charge < -0.3 is 10.5 Å². The highest BCUT2D eigenvalue weighted by molar-refractivity contribution is 5.19. The molecule has 0 bridgehead atoms. The summed E-state index contributed by atoms with van der Waals surface area (Å²) in [7, 11) is 1.70. The molecule has 0 aliphatic carbocycles. The van der Waals surface area contributed by atoms with Crippen LogP contribution in [-0.4, -0.2) is 20.3 Å². The van der Waals surface area contributed by atoms with E-state index < -0.39 is 0 Å². The zero-order valence-corrected chi connectivity index (χ0v) is 8.10. The molecule has 0 rings (SSSR count). The van der Waals surface area contributed by atoms with Crippen molar-refractivity contribution in [3.63, 3.8) is 0 Å². The number of nitrogens with two attached hydrogens (primary N) is 1. The first kappa shape index (κ1) is 11.4. The molecule has 0 atom stereocenters. The molecule has 0 spiro atoms. The molecule has 0 aromatic carbocycles. The Balaban J connectivity index is 3.93. The minimum absolute atomic E-state index is 0.687. The van der Waals surface area contributed by atoms with Gasteiger partial charge in [-0.3, -0.25) is 0 Å². The topological polar surface area (TPSA) is 35.2 Å². The van der Waals surface area contributed by atoms with Crippen molar-refractivity contribution in [1.82, 2.24) is 0 Å². The van der Waals surface area contributed by atoms with Crippen molar-refractivity contribution in [3.05, 3.63) is 23.8 Å². The number of hydrogen-bond donors (Lipinski definition) is 1. The molecule has 0 heterocycles. The molecule has 0 aliphatic heterocycles. The summed E-state index contributed by atoms with van der Waals surface area (Å²) < 4.78 is 5.05. The summed E-state index contributed by atoms with van der Waals surface area (Å²) in [5.41, 5.74) is 7.76. The molecule has 2 N–H and O–H groups in total. The Morgan fingerprint density at radius 3 is 2.67 bits per heavy atom. The van der Waals surface area contributed by atoms with Gasteiger partial charge in [-0.2, -0.15) is 0 Å². The molecule has 0 saturated heterocycles. The third kappa shape index (κ3) is 6.13. The zero-order chi connectivity index (χ0) is 9.40. The molecular weight excluding hydrogens is 150 g/mol. The molecule has 70 valence electrons. The van der Waals surface area contributed by atoms with Crippen LogP contribution in [0.25, 0.3) is 0 Å². The smallest absolute Gasteiger partial charge is 0.0676 e. The van der Waals surface area contributed by atoms with Gasteiger partial charge in [-0.25, -0.2) is 0 Å². The van der Waals surface area contributed by atoms with Crippen molar-refractivity contribution in [1.29, 1.82) is 0 Å². The minimum Gasteiger partial charge on any atom is -0.380 e.